The van der Waals surface area contributed by atoms with Crippen LogP contribution in [0.3, 0.4) is 0 Å². The minimum absolute atomic E-state index is 0.0916. The van der Waals surface area contributed by atoms with E-state index < -0.39 is 21.3 Å². The SMILES string of the molecule is CCC(CC)(CO)CNS(=O)(=O)c1cccc(F)c1. The molecule has 1 aromatic rings. The van der Waals surface area contributed by atoms with E-state index in [1.165, 1.54) is 18.2 Å². The molecule has 19 heavy (non-hydrogen) atoms. The summed E-state index contributed by atoms with van der Waals surface area (Å²) < 4.78 is 39.5. The van der Waals surface area contributed by atoms with Crippen LogP contribution in [0.15, 0.2) is 29.2 Å². The van der Waals surface area contributed by atoms with Crippen molar-refractivity contribution in [3.63, 3.8) is 0 Å². The highest BCUT2D eigenvalue weighted by molar-refractivity contribution is 7.89. The number of hydrogen-bond acceptors (Lipinski definition) is 3. The molecule has 0 heterocycles. The molecule has 0 aliphatic carbocycles. The molecule has 0 atom stereocenters. The molecule has 4 nitrogen and oxygen atoms in total. The minimum Gasteiger partial charge on any atom is -0.396 e. The Morgan fingerprint density at radius 2 is 1.95 bits per heavy atom. The van der Waals surface area contributed by atoms with Crippen molar-refractivity contribution in [2.75, 3.05) is 13.2 Å². The number of sulfonamides is 1. The molecule has 0 bridgehead atoms. The molecule has 0 fully saturated rings. The van der Waals surface area contributed by atoms with Crippen LogP contribution >= 0.6 is 0 Å². The summed E-state index contributed by atoms with van der Waals surface area (Å²) in [4.78, 5) is -0.105. The maximum atomic E-state index is 13.0. The van der Waals surface area contributed by atoms with E-state index in [9.17, 15) is 17.9 Å². The molecule has 1 rings (SSSR count). The van der Waals surface area contributed by atoms with Gasteiger partial charge in [0, 0.05) is 18.6 Å². The number of aliphatic hydroxyl groups excluding tert-OH is 1. The second kappa shape index (κ2) is 6.45. The predicted molar refractivity (Wildman–Crippen MR) is 71.7 cm³/mol. The molecule has 0 aliphatic heterocycles. The Morgan fingerprint density at radius 3 is 2.42 bits per heavy atom. The Labute approximate surface area is 113 Å². The summed E-state index contributed by atoms with van der Waals surface area (Å²) in [5.41, 5.74) is -0.472. The average molecular weight is 289 g/mol. The first kappa shape index (κ1) is 16.1. The second-order valence-electron chi connectivity index (χ2n) is 4.65. The van der Waals surface area contributed by atoms with Crippen LogP contribution in [0.2, 0.25) is 0 Å². The lowest BCUT2D eigenvalue weighted by atomic mass is 9.84. The van der Waals surface area contributed by atoms with E-state index >= 15 is 0 Å². The van der Waals surface area contributed by atoms with Crippen molar-refractivity contribution in [2.45, 2.75) is 31.6 Å². The number of hydrogen-bond donors (Lipinski definition) is 2. The van der Waals surface area contributed by atoms with E-state index in [-0.39, 0.29) is 18.0 Å². The largest absolute Gasteiger partial charge is 0.396 e. The quantitative estimate of drug-likeness (QED) is 0.805. The van der Waals surface area contributed by atoms with Crippen molar-refractivity contribution in [1.82, 2.24) is 4.72 Å². The van der Waals surface area contributed by atoms with Crippen molar-refractivity contribution < 1.29 is 17.9 Å². The molecule has 0 aliphatic rings. The molecule has 108 valence electrons. The van der Waals surface area contributed by atoms with Crippen molar-refractivity contribution >= 4 is 10.0 Å². The Hall–Kier alpha value is -0.980. The van der Waals surface area contributed by atoms with Crippen molar-refractivity contribution in [2.24, 2.45) is 5.41 Å². The predicted octanol–water partition coefficient (Wildman–Crippen LogP) is 1.90. The molecule has 0 amide bonds. The van der Waals surface area contributed by atoms with E-state index in [1.807, 2.05) is 13.8 Å². The highest BCUT2D eigenvalue weighted by Crippen LogP contribution is 2.25. The summed E-state index contributed by atoms with van der Waals surface area (Å²) in [6.45, 7) is 3.84. The normalized spacial score (nSPS) is 12.6. The van der Waals surface area contributed by atoms with Gasteiger partial charge in [-0.3, -0.25) is 0 Å². The molecule has 0 saturated heterocycles. The fraction of sp³-hybridized carbons (Fsp3) is 0.538. The molecule has 6 heteroatoms. The van der Waals surface area contributed by atoms with Gasteiger partial charge in [-0.1, -0.05) is 19.9 Å². The zero-order valence-corrected chi connectivity index (χ0v) is 12.0. The van der Waals surface area contributed by atoms with Gasteiger partial charge in [-0.2, -0.15) is 0 Å². The van der Waals surface area contributed by atoms with Crippen molar-refractivity contribution in [3.8, 4) is 0 Å². The zero-order chi connectivity index (χ0) is 14.5. The van der Waals surface area contributed by atoms with Crippen molar-refractivity contribution in [1.29, 1.82) is 0 Å². The van der Waals surface area contributed by atoms with Gasteiger partial charge in [0.2, 0.25) is 10.0 Å². The van der Waals surface area contributed by atoms with Gasteiger partial charge in [0.05, 0.1) is 4.90 Å². The van der Waals surface area contributed by atoms with Crippen LogP contribution in [-0.4, -0.2) is 26.7 Å². The summed E-state index contributed by atoms with van der Waals surface area (Å²) in [7, 11) is -3.75. The van der Waals surface area contributed by atoms with Crippen LogP contribution < -0.4 is 4.72 Å². The topological polar surface area (TPSA) is 66.4 Å². The summed E-state index contributed by atoms with van der Waals surface area (Å²) in [5.74, 6) is -0.595. The van der Waals surface area contributed by atoms with E-state index in [4.69, 9.17) is 0 Å². The lowest BCUT2D eigenvalue weighted by Crippen LogP contribution is -2.39. The standard InChI is InChI=1S/C13H20FNO3S/c1-3-13(4-2,10-16)9-15-19(17,18)12-7-5-6-11(14)8-12/h5-8,15-16H,3-4,9-10H2,1-2H3. The van der Waals surface area contributed by atoms with Gasteiger partial charge in [0.1, 0.15) is 5.82 Å². The maximum Gasteiger partial charge on any atom is 0.240 e. The Bertz CT molecular complexity index is 504. The van der Waals surface area contributed by atoms with E-state index in [1.54, 1.807) is 0 Å². The third-order valence-corrected chi connectivity index (χ3v) is 4.98. The molecule has 0 saturated carbocycles. The molecule has 0 radical (unpaired) electrons. The van der Waals surface area contributed by atoms with Crippen LogP contribution in [-0.2, 0) is 10.0 Å². The average Bonchev–Trinajstić information content (AvgIpc) is 2.41. The first-order valence-corrected chi connectivity index (χ1v) is 7.73. The Balaban J connectivity index is 2.87. The maximum absolute atomic E-state index is 13.0. The molecule has 2 N–H and O–H groups in total. The van der Waals surface area contributed by atoms with Crippen LogP contribution in [0.5, 0.6) is 0 Å². The number of rotatable bonds is 7. The summed E-state index contributed by atoms with van der Waals surface area (Å²) >= 11 is 0. The van der Waals surface area contributed by atoms with Gasteiger partial charge in [0.25, 0.3) is 0 Å². The second-order valence-corrected chi connectivity index (χ2v) is 6.41. The van der Waals surface area contributed by atoms with Gasteiger partial charge in [-0.25, -0.2) is 17.5 Å². The molecule has 1 aromatic carbocycles. The van der Waals surface area contributed by atoms with E-state index in [2.05, 4.69) is 4.72 Å². The smallest absolute Gasteiger partial charge is 0.240 e. The summed E-state index contributed by atoms with van der Waals surface area (Å²) in [6, 6.07) is 4.85. The highest BCUT2D eigenvalue weighted by Gasteiger charge is 2.27. The fourth-order valence-electron chi connectivity index (χ4n) is 1.75. The van der Waals surface area contributed by atoms with Crippen LogP contribution in [0.25, 0.3) is 0 Å². The minimum atomic E-state index is -3.75. The summed E-state index contributed by atoms with van der Waals surface area (Å²) in [5, 5.41) is 9.39. The number of benzene rings is 1. The number of aliphatic hydroxyl groups is 1. The van der Waals surface area contributed by atoms with Crippen molar-refractivity contribution in [3.05, 3.63) is 30.1 Å². The Kier molecular flexibility index (Phi) is 5.46. The third kappa shape index (κ3) is 3.99. The van der Waals surface area contributed by atoms with E-state index in [0.717, 1.165) is 6.07 Å². The lowest BCUT2D eigenvalue weighted by molar-refractivity contribution is 0.119. The van der Waals surface area contributed by atoms with Gasteiger partial charge in [-0.15, -0.1) is 0 Å². The molecule has 0 unspecified atom stereocenters. The van der Waals surface area contributed by atoms with Crippen LogP contribution in [0.4, 0.5) is 4.39 Å². The first-order chi connectivity index (χ1) is 8.89. The first-order valence-electron chi connectivity index (χ1n) is 6.25. The van der Waals surface area contributed by atoms with Crippen LogP contribution in [0.1, 0.15) is 26.7 Å². The fourth-order valence-corrected chi connectivity index (χ4v) is 2.93. The zero-order valence-electron chi connectivity index (χ0n) is 11.2. The highest BCUT2D eigenvalue weighted by atomic mass is 32.2. The monoisotopic (exact) mass is 289 g/mol. The summed E-state index contributed by atoms with van der Waals surface area (Å²) in [6.07, 6.45) is 1.32. The number of nitrogens with one attached hydrogen (secondary N) is 1. The third-order valence-electron chi connectivity index (χ3n) is 3.58. The van der Waals surface area contributed by atoms with Gasteiger partial charge >= 0.3 is 0 Å². The van der Waals surface area contributed by atoms with Crippen LogP contribution in [0, 0.1) is 11.2 Å². The molecular weight excluding hydrogens is 269 g/mol. The lowest BCUT2D eigenvalue weighted by Gasteiger charge is -2.29. The number of halogens is 1. The van der Waals surface area contributed by atoms with E-state index in [0.29, 0.717) is 12.8 Å². The van der Waals surface area contributed by atoms with Gasteiger partial charge in [-0.05, 0) is 31.0 Å². The molecular formula is C13H20FNO3S. The molecule has 0 aromatic heterocycles. The van der Waals surface area contributed by atoms with Gasteiger partial charge < -0.3 is 5.11 Å². The van der Waals surface area contributed by atoms with Gasteiger partial charge in [0.15, 0.2) is 0 Å². The Morgan fingerprint density at radius 1 is 1.32 bits per heavy atom. The molecule has 0 spiro atoms.